The van der Waals surface area contributed by atoms with Crippen LogP contribution < -0.4 is 0 Å². The Morgan fingerprint density at radius 1 is 1.50 bits per heavy atom. The van der Waals surface area contributed by atoms with Crippen molar-refractivity contribution in [3.8, 4) is 0 Å². The Morgan fingerprint density at radius 2 is 2.00 bits per heavy atom. The SMILES string of the molecule is C=COC(C)N1C(=O)C=CC1=O. The van der Waals surface area contributed by atoms with Gasteiger partial charge in [-0.1, -0.05) is 6.58 Å². The quantitative estimate of drug-likeness (QED) is 0.452. The van der Waals surface area contributed by atoms with Crippen molar-refractivity contribution in [2.75, 3.05) is 0 Å². The average molecular weight is 167 g/mol. The normalized spacial score (nSPS) is 18.2. The second-order valence-electron chi connectivity index (χ2n) is 2.28. The molecule has 0 aromatic heterocycles. The molecule has 0 N–H and O–H groups in total. The van der Waals surface area contributed by atoms with Gasteiger partial charge >= 0.3 is 0 Å². The van der Waals surface area contributed by atoms with Gasteiger partial charge in [0, 0.05) is 12.2 Å². The van der Waals surface area contributed by atoms with Crippen LogP contribution in [0, 0.1) is 0 Å². The van der Waals surface area contributed by atoms with Crippen molar-refractivity contribution in [3.63, 3.8) is 0 Å². The van der Waals surface area contributed by atoms with Crippen LogP contribution in [0.3, 0.4) is 0 Å². The fourth-order valence-corrected chi connectivity index (χ4v) is 0.970. The van der Waals surface area contributed by atoms with Crippen molar-refractivity contribution < 1.29 is 14.3 Å². The predicted molar refractivity (Wildman–Crippen MR) is 41.7 cm³/mol. The fraction of sp³-hybridized carbons (Fsp3) is 0.250. The molecule has 0 bridgehead atoms. The van der Waals surface area contributed by atoms with Gasteiger partial charge in [-0.3, -0.25) is 9.59 Å². The van der Waals surface area contributed by atoms with E-state index in [4.69, 9.17) is 4.74 Å². The summed E-state index contributed by atoms with van der Waals surface area (Å²) in [6.45, 7) is 4.93. The molecular weight excluding hydrogens is 158 g/mol. The Hall–Kier alpha value is -1.58. The van der Waals surface area contributed by atoms with Gasteiger partial charge in [0.25, 0.3) is 11.8 Å². The lowest BCUT2D eigenvalue weighted by molar-refractivity contribution is -0.146. The summed E-state index contributed by atoms with van der Waals surface area (Å²) in [4.78, 5) is 23.0. The molecule has 0 fully saturated rings. The van der Waals surface area contributed by atoms with E-state index in [-0.39, 0.29) is 11.8 Å². The number of rotatable bonds is 3. The van der Waals surface area contributed by atoms with Crippen LogP contribution in [0.25, 0.3) is 0 Å². The highest BCUT2D eigenvalue weighted by Crippen LogP contribution is 2.09. The number of nitrogens with zero attached hydrogens (tertiary/aromatic N) is 1. The van der Waals surface area contributed by atoms with E-state index in [2.05, 4.69) is 6.58 Å². The number of hydrogen-bond acceptors (Lipinski definition) is 3. The van der Waals surface area contributed by atoms with Gasteiger partial charge < -0.3 is 4.74 Å². The molecule has 0 saturated carbocycles. The minimum Gasteiger partial charge on any atom is -0.478 e. The summed E-state index contributed by atoms with van der Waals surface area (Å²) in [5.41, 5.74) is 0. The molecule has 0 saturated heterocycles. The smallest absolute Gasteiger partial charge is 0.256 e. The Kier molecular flexibility index (Phi) is 2.28. The summed E-state index contributed by atoms with van der Waals surface area (Å²) in [5, 5.41) is 0. The number of ether oxygens (including phenoxy) is 1. The van der Waals surface area contributed by atoms with Crippen LogP contribution in [-0.4, -0.2) is 22.9 Å². The van der Waals surface area contributed by atoms with E-state index in [9.17, 15) is 9.59 Å². The van der Waals surface area contributed by atoms with E-state index in [1.165, 1.54) is 18.4 Å². The van der Waals surface area contributed by atoms with E-state index >= 15 is 0 Å². The number of carbonyl (C=O) groups is 2. The second kappa shape index (κ2) is 3.21. The third-order valence-electron chi connectivity index (χ3n) is 1.50. The highest BCUT2D eigenvalue weighted by Gasteiger charge is 2.28. The van der Waals surface area contributed by atoms with E-state index in [1.807, 2.05) is 0 Å². The first-order chi connectivity index (χ1) is 5.66. The van der Waals surface area contributed by atoms with Crippen molar-refractivity contribution in [1.29, 1.82) is 0 Å². The van der Waals surface area contributed by atoms with Crippen LogP contribution >= 0.6 is 0 Å². The molecule has 64 valence electrons. The molecule has 0 radical (unpaired) electrons. The Morgan fingerprint density at radius 3 is 2.42 bits per heavy atom. The van der Waals surface area contributed by atoms with Gasteiger partial charge in [-0.15, -0.1) is 0 Å². The number of imide groups is 1. The molecule has 4 heteroatoms. The van der Waals surface area contributed by atoms with Gasteiger partial charge in [0.15, 0.2) is 6.23 Å². The molecule has 0 aromatic carbocycles. The summed E-state index contributed by atoms with van der Waals surface area (Å²) in [6, 6.07) is 0. The van der Waals surface area contributed by atoms with Gasteiger partial charge in [-0.25, -0.2) is 4.90 Å². The predicted octanol–water partition coefficient (Wildman–Crippen LogP) is 0.417. The average Bonchev–Trinajstić information content (AvgIpc) is 2.32. The Balaban J connectivity index is 2.68. The van der Waals surface area contributed by atoms with Gasteiger partial charge in [0.05, 0.1) is 6.26 Å². The van der Waals surface area contributed by atoms with Crippen molar-refractivity contribution in [2.45, 2.75) is 13.2 Å². The number of amides is 2. The maximum Gasteiger partial charge on any atom is 0.256 e. The van der Waals surface area contributed by atoms with Crippen LogP contribution in [0.1, 0.15) is 6.92 Å². The van der Waals surface area contributed by atoms with Crippen molar-refractivity contribution >= 4 is 11.8 Å². The third kappa shape index (κ3) is 1.37. The molecule has 0 aliphatic carbocycles. The lowest BCUT2D eigenvalue weighted by Crippen LogP contribution is -2.38. The molecule has 1 aliphatic rings. The molecule has 0 spiro atoms. The third-order valence-corrected chi connectivity index (χ3v) is 1.50. The first kappa shape index (κ1) is 8.52. The van der Waals surface area contributed by atoms with Gasteiger partial charge in [0.2, 0.25) is 0 Å². The van der Waals surface area contributed by atoms with Crippen molar-refractivity contribution in [1.82, 2.24) is 4.90 Å². The van der Waals surface area contributed by atoms with Crippen LogP contribution in [0.2, 0.25) is 0 Å². The molecule has 1 heterocycles. The largest absolute Gasteiger partial charge is 0.478 e. The molecule has 2 amide bonds. The lowest BCUT2D eigenvalue weighted by Gasteiger charge is -2.20. The topological polar surface area (TPSA) is 46.6 Å². The maximum atomic E-state index is 11.0. The van der Waals surface area contributed by atoms with Crippen molar-refractivity contribution in [2.24, 2.45) is 0 Å². The molecule has 1 rings (SSSR count). The lowest BCUT2D eigenvalue weighted by atomic mass is 10.5. The zero-order valence-electron chi connectivity index (χ0n) is 6.69. The van der Waals surface area contributed by atoms with Gasteiger partial charge in [-0.2, -0.15) is 0 Å². The second-order valence-corrected chi connectivity index (χ2v) is 2.28. The Bertz CT molecular complexity index is 239. The monoisotopic (exact) mass is 167 g/mol. The van der Waals surface area contributed by atoms with E-state index < -0.39 is 6.23 Å². The fourth-order valence-electron chi connectivity index (χ4n) is 0.970. The van der Waals surface area contributed by atoms with Crippen LogP contribution in [0.5, 0.6) is 0 Å². The maximum absolute atomic E-state index is 11.0. The van der Waals surface area contributed by atoms with Crippen molar-refractivity contribution in [3.05, 3.63) is 25.0 Å². The first-order valence-electron chi connectivity index (χ1n) is 3.48. The molecule has 0 aromatic rings. The summed E-state index contributed by atoms with van der Waals surface area (Å²) in [6.07, 6.45) is 3.04. The summed E-state index contributed by atoms with van der Waals surface area (Å²) < 4.78 is 4.87. The van der Waals surface area contributed by atoms with Gasteiger partial charge in [-0.05, 0) is 6.92 Å². The van der Waals surface area contributed by atoms with E-state index in [1.54, 1.807) is 6.92 Å². The molecular formula is C8H9NO3. The summed E-state index contributed by atoms with van der Waals surface area (Å²) in [7, 11) is 0. The molecule has 1 aliphatic heterocycles. The van der Waals surface area contributed by atoms with Crippen LogP contribution in [-0.2, 0) is 14.3 Å². The molecule has 1 unspecified atom stereocenters. The van der Waals surface area contributed by atoms with E-state index in [0.29, 0.717) is 0 Å². The van der Waals surface area contributed by atoms with Crippen LogP contribution in [0.4, 0.5) is 0 Å². The minimum atomic E-state index is -0.586. The van der Waals surface area contributed by atoms with Crippen LogP contribution in [0.15, 0.2) is 25.0 Å². The van der Waals surface area contributed by atoms with E-state index in [0.717, 1.165) is 4.90 Å². The summed E-state index contributed by atoms with van der Waals surface area (Å²) >= 11 is 0. The standard InChI is InChI=1S/C8H9NO3/c1-3-12-6(2)9-7(10)4-5-8(9)11/h3-6H,1H2,2H3. The van der Waals surface area contributed by atoms with Gasteiger partial charge in [0.1, 0.15) is 0 Å². The molecule has 4 nitrogen and oxygen atoms in total. The molecule has 1 atom stereocenters. The number of carbonyl (C=O) groups excluding carboxylic acids is 2. The minimum absolute atomic E-state index is 0.352. The zero-order valence-corrected chi connectivity index (χ0v) is 6.69. The number of hydrogen-bond donors (Lipinski definition) is 0. The molecule has 12 heavy (non-hydrogen) atoms. The summed E-state index contributed by atoms with van der Waals surface area (Å²) in [5.74, 6) is -0.705. The first-order valence-corrected chi connectivity index (χ1v) is 3.48. The Labute approximate surface area is 70.1 Å². The highest BCUT2D eigenvalue weighted by atomic mass is 16.5. The zero-order chi connectivity index (χ0) is 9.14. The highest BCUT2D eigenvalue weighted by molar-refractivity contribution is 6.13.